The SMILES string of the molecule is C[C@H](Oc1cc2nc(C34COC(C)(C3)C4)cn2cc1C(=O)Nc1cccn([C@H]2C[C@H]2F)c1=O)C(F)F. The average Bonchev–Trinajstić information content (AvgIpc) is 3.12. The molecule has 36 heavy (non-hydrogen) atoms. The summed E-state index contributed by atoms with van der Waals surface area (Å²) in [6, 6.07) is 3.85. The number of fused-ring (bicyclic) bond motifs is 2. The number of ether oxygens (including phenoxy) is 2. The zero-order valence-corrected chi connectivity index (χ0v) is 19.7. The smallest absolute Gasteiger partial charge is 0.274 e. The third kappa shape index (κ3) is 3.68. The van der Waals surface area contributed by atoms with Crippen LogP contribution in [0.3, 0.4) is 0 Å². The lowest BCUT2D eigenvalue weighted by molar-refractivity contribution is 0.0154. The van der Waals surface area contributed by atoms with Gasteiger partial charge in [-0.1, -0.05) is 0 Å². The minimum Gasteiger partial charge on any atom is -0.484 e. The van der Waals surface area contributed by atoms with Crippen LogP contribution in [-0.4, -0.2) is 50.8 Å². The molecular weight excluding hydrogens is 477 g/mol. The molecule has 190 valence electrons. The summed E-state index contributed by atoms with van der Waals surface area (Å²) < 4.78 is 54.3. The molecule has 1 amide bonds. The highest BCUT2D eigenvalue weighted by molar-refractivity contribution is 6.06. The van der Waals surface area contributed by atoms with Crippen molar-refractivity contribution in [3.8, 4) is 5.75 Å². The molecule has 2 bridgehead atoms. The van der Waals surface area contributed by atoms with Crippen molar-refractivity contribution in [1.82, 2.24) is 14.0 Å². The number of aromatic nitrogens is 3. The second-order valence-electron chi connectivity index (χ2n) is 10.4. The molecule has 0 spiro atoms. The number of alkyl halides is 3. The van der Waals surface area contributed by atoms with E-state index >= 15 is 0 Å². The first-order chi connectivity index (χ1) is 17.1. The number of anilines is 1. The maximum Gasteiger partial charge on any atom is 0.274 e. The second kappa shape index (κ2) is 7.83. The highest BCUT2D eigenvalue weighted by Gasteiger charge is 2.61. The van der Waals surface area contributed by atoms with Crippen LogP contribution < -0.4 is 15.6 Å². The van der Waals surface area contributed by atoms with Crippen molar-refractivity contribution < 1.29 is 27.4 Å². The van der Waals surface area contributed by atoms with E-state index in [1.807, 2.05) is 6.20 Å². The van der Waals surface area contributed by atoms with Crippen molar-refractivity contribution in [1.29, 1.82) is 0 Å². The van der Waals surface area contributed by atoms with Gasteiger partial charge in [0.25, 0.3) is 17.9 Å². The number of carbonyl (C=O) groups is 1. The van der Waals surface area contributed by atoms with Crippen LogP contribution in [0.2, 0.25) is 0 Å². The van der Waals surface area contributed by atoms with E-state index < -0.39 is 36.2 Å². The molecule has 4 fully saturated rings. The molecule has 3 aromatic heterocycles. The zero-order chi connectivity index (χ0) is 25.4. The summed E-state index contributed by atoms with van der Waals surface area (Å²) >= 11 is 0. The van der Waals surface area contributed by atoms with Gasteiger partial charge in [-0.25, -0.2) is 18.2 Å². The summed E-state index contributed by atoms with van der Waals surface area (Å²) in [6.07, 6.45) is 1.30. The van der Waals surface area contributed by atoms with Gasteiger partial charge in [-0.3, -0.25) is 9.59 Å². The Bertz CT molecular complexity index is 1430. The summed E-state index contributed by atoms with van der Waals surface area (Å²) in [5, 5.41) is 2.54. The summed E-state index contributed by atoms with van der Waals surface area (Å²) in [6.45, 7) is 3.81. The third-order valence-electron chi connectivity index (χ3n) is 7.39. The van der Waals surface area contributed by atoms with Crippen LogP contribution in [0, 0.1) is 0 Å². The van der Waals surface area contributed by atoms with Crippen molar-refractivity contribution in [2.45, 2.75) is 68.9 Å². The fraction of sp³-hybridized carbons (Fsp3) is 0.480. The number of hydrogen-bond acceptors (Lipinski definition) is 5. The van der Waals surface area contributed by atoms with Gasteiger partial charge in [0.05, 0.1) is 29.5 Å². The number of amides is 1. The van der Waals surface area contributed by atoms with E-state index in [1.54, 1.807) is 10.5 Å². The molecule has 3 atom stereocenters. The van der Waals surface area contributed by atoms with Crippen LogP contribution in [-0.2, 0) is 10.2 Å². The van der Waals surface area contributed by atoms with Crippen LogP contribution in [0.1, 0.15) is 55.2 Å². The summed E-state index contributed by atoms with van der Waals surface area (Å²) in [4.78, 5) is 30.7. The van der Waals surface area contributed by atoms with Crippen molar-refractivity contribution >= 4 is 17.2 Å². The first kappa shape index (κ1) is 23.1. The van der Waals surface area contributed by atoms with Crippen LogP contribution in [0.25, 0.3) is 5.65 Å². The highest BCUT2D eigenvalue weighted by atomic mass is 19.3. The zero-order valence-electron chi connectivity index (χ0n) is 19.7. The van der Waals surface area contributed by atoms with E-state index in [9.17, 15) is 22.8 Å². The molecule has 2 saturated carbocycles. The Balaban J connectivity index is 1.36. The molecule has 0 unspecified atom stereocenters. The van der Waals surface area contributed by atoms with Crippen molar-refractivity contribution in [2.75, 3.05) is 11.9 Å². The normalized spacial score (nSPS) is 29.3. The molecule has 7 rings (SSSR count). The maximum absolute atomic E-state index is 13.5. The largest absolute Gasteiger partial charge is 0.484 e. The van der Waals surface area contributed by atoms with E-state index in [0.29, 0.717) is 12.3 Å². The fourth-order valence-electron chi connectivity index (χ4n) is 5.44. The molecule has 0 radical (unpaired) electrons. The molecule has 0 aromatic carbocycles. The lowest BCUT2D eigenvalue weighted by Gasteiger charge is -2.41. The van der Waals surface area contributed by atoms with Gasteiger partial charge in [-0.15, -0.1) is 0 Å². The predicted molar refractivity (Wildman–Crippen MR) is 124 cm³/mol. The van der Waals surface area contributed by atoms with Crippen LogP contribution >= 0.6 is 0 Å². The van der Waals surface area contributed by atoms with Gasteiger partial charge in [0.2, 0.25) is 0 Å². The first-order valence-electron chi connectivity index (χ1n) is 11.9. The van der Waals surface area contributed by atoms with Crippen LogP contribution in [0.5, 0.6) is 5.75 Å². The van der Waals surface area contributed by atoms with Gasteiger partial charge in [-0.2, -0.15) is 0 Å². The molecule has 11 heteroatoms. The quantitative estimate of drug-likeness (QED) is 0.530. The number of imidazole rings is 1. The minimum atomic E-state index is -2.77. The molecule has 8 nitrogen and oxygen atoms in total. The van der Waals surface area contributed by atoms with Gasteiger partial charge in [0, 0.05) is 36.5 Å². The van der Waals surface area contributed by atoms with Gasteiger partial charge in [0.15, 0.2) is 6.10 Å². The molecule has 2 aliphatic heterocycles. The number of carbonyl (C=O) groups excluding carboxylic acids is 1. The third-order valence-corrected chi connectivity index (χ3v) is 7.39. The lowest BCUT2D eigenvalue weighted by Crippen LogP contribution is -2.45. The van der Waals surface area contributed by atoms with Crippen molar-refractivity contribution in [3.05, 3.63) is 58.4 Å². The molecule has 3 aromatic rings. The molecule has 2 aliphatic carbocycles. The lowest BCUT2D eigenvalue weighted by atomic mass is 9.62. The maximum atomic E-state index is 13.5. The van der Waals surface area contributed by atoms with E-state index in [-0.39, 0.29) is 34.4 Å². The van der Waals surface area contributed by atoms with Crippen molar-refractivity contribution in [2.24, 2.45) is 0 Å². The monoisotopic (exact) mass is 502 g/mol. The fourth-order valence-corrected chi connectivity index (χ4v) is 5.44. The number of rotatable bonds is 7. The van der Waals surface area contributed by atoms with E-state index in [0.717, 1.165) is 18.5 Å². The summed E-state index contributed by atoms with van der Waals surface area (Å²) in [5.74, 6) is -0.796. The first-order valence-corrected chi connectivity index (χ1v) is 11.9. The summed E-state index contributed by atoms with van der Waals surface area (Å²) in [7, 11) is 0. The molecular formula is C25H25F3N4O4. The van der Waals surface area contributed by atoms with Gasteiger partial charge in [0.1, 0.15) is 23.3 Å². The Morgan fingerprint density at radius 3 is 2.72 bits per heavy atom. The minimum absolute atomic E-state index is 0.0397. The molecule has 1 N–H and O–H groups in total. The van der Waals surface area contributed by atoms with Crippen molar-refractivity contribution in [3.63, 3.8) is 0 Å². The Hall–Kier alpha value is -3.34. The number of nitrogens with one attached hydrogen (secondary N) is 1. The number of nitrogens with zero attached hydrogens (tertiary/aromatic N) is 3. The standard InChI is InChI=1S/C25H25F3N4O4/c1-13(21(27)28)36-18-7-20-30-19(25-10-24(2,11-25)35-12-25)9-31(20)8-14(18)22(33)29-16-4-3-5-32(23(16)34)17-6-15(17)26/h3-5,7-9,13,15,17,21H,6,10-12H2,1-2H3,(H,29,33)/t13-,15+,17-,24?,25?/m0/s1. The summed E-state index contributed by atoms with van der Waals surface area (Å²) in [5.41, 5.74) is 0.272. The Labute approximate surface area is 204 Å². The van der Waals surface area contributed by atoms with Gasteiger partial charge in [-0.05, 0) is 38.8 Å². The topological polar surface area (TPSA) is 86.9 Å². The average molecular weight is 502 g/mol. The second-order valence-corrected chi connectivity index (χ2v) is 10.4. The van der Waals surface area contributed by atoms with E-state index in [4.69, 9.17) is 9.47 Å². The van der Waals surface area contributed by atoms with Gasteiger partial charge < -0.3 is 23.8 Å². The van der Waals surface area contributed by atoms with E-state index in [2.05, 4.69) is 17.2 Å². The Morgan fingerprint density at radius 1 is 1.33 bits per heavy atom. The van der Waals surface area contributed by atoms with E-state index in [1.165, 1.54) is 36.0 Å². The number of halogens is 3. The number of hydrogen-bond donors (Lipinski definition) is 1. The van der Waals surface area contributed by atoms with Gasteiger partial charge >= 0.3 is 0 Å². The predicted octanol–water partition coefficient (Wildman–Crippen LogP) is 3.88. The Morgan fingerprint density at radius 2 is 2.08 bits per heavy atom. The van der Waals surface area contributed by atoms with Crippen LogP contribution in [0.4, 0.5) is 18.9 Å². The Kier molecular flexibility index (Phi) is 5.02. The molecule has 2 saturated heterocycles. The molecule has 5 heterocycles. The highest BCUT2D eigenvalue weighted by Crippen LogP contribution is 2.58. The number of pyridine rings is 2. The van der Waals surface area contributed by atoms with Crippen LogP contribution in [0.15, 0.2) is 41.6 Å². The molecule has 4 aliphatic rings.